The number of hydrazone groups is 1. The summed E-state index contributed by atoms with van der Waals surface area (Å²) in [6.07, 6.45) is 8.23. The molecule has 1 heterocycles. The molecule has 35 heavy (non-hydrogen) atoms. The number of benzene rings is 3. The Balaban J connectivity index is 1.57. The lowest BCUT2D eigenvalue weighted by molar-refractivity contribution is 0.284. The smallest absolute Gasteiger partial charge is 0.263 e. The normalized spacial score (nSPS) is 16.1. The van der Waals surface area contributed by atoms with Crippen molar-refractivity contribution in [2.24, 2.45) is 5.10 Å². The molecule has 174 valence electrons. The van der Waals surface area contributed by atoms with Gasteiger partial charge >= 0.3 is 0 Å². The number of para-hydroxylation sites is 1. The van der Waals surface area contributed by atoms with Gasteiger partial charge in [0.05, 0.1) is 23.2 Å². The molecule has 0 atom stereocenters. The van der Waals surface area contributed by atoms with Crippen LogP contribution < -0.4 is 11.0 Å². The molecule has 0 amide bonds. The van der Waals surface area contributed by atoms with Crippen LogP contribution in [-0.4, -0.2) is 15.8 Å². The zero-order valence-electron chi connectivity index (χ0n) is 19.7. The molecule has 3 aromatic carbocycles. The number of fused-ring (bicyclic) bond motifs is 4. The van der Waals surface area contributed by atoms with Gasteiger partial charge in [-0.3, -0.25) is 4.79 Å². The Kier molecular flexibility index (Phi) is 5.53. The molecule has 0 radical (unpaired) electrons. The fourth-order valence-corrected chi connectivity index (χ4v) is 5.80. The summed E-state index contributed by atoms with van der Waals surface area (Å²) in [5.74, 6) is 0.426. The maximum Gasteiger partial charge on any atom is 0.263 e. The number of nitrogens with one attached hydrogen (secondary N) is 1. The summed E-state index contributed by atoms with van der Waals surface area (Å²) in [5.41, 5.74) is 8.73. The summed E-state index contributed by atoms with van der Waals surface area (Å²) in [4.78, 5) is 19.5. The predicted molar refractivity (Wildman–Crippen MR) is 141 cm³/mol. The Bertz CT molecular complexity index is 1430. The molecular weight excluding hydrogens is 432 g/mol. The number of rotatable bonds is 4. The average Bonchev–Trinajstić information content (AvgIpc) is 2.90. The average molecular weight is 461 g/mol. The van der Waals surface area contributed by atoms with E-state index < -0.39 is 0 Å². The van der Waals surface area contributed by atoms with E-state index in [2.05, 4.69) is 28.7 Å². The van der Waals surface area contributed by atoms with Gasteiger partial charge in [0.25, 0.3) is 5.56 Å². The van der Waals surface area contributed by atoms with Crippen LogP contribution in [0.25, 0.3) is 16.9 Å². The van der Waals surface area contributed by atoms with Crippen LogP contribution in [0.4, 0.5) is 5.95 Å². The van der Waals surface area contributed by atoms with Crippen LogP contribution in [0.15, 0.2) is 94.8 Å². The molecule has 6 rings (SSSR count). The lowest BCUT2D eigenvalue weighted by Gasteiger charge is -2.42. The van der Waals surface area contributed by atoms with Crippen LogP contribution >= 0.6 is 0 Å². The van der Waals surface area contributed by atoms with Crippen molar-refractivity contribution in [2.45, 2.75) is 43.9 Å². The lowest BCUT2D eigenvalue weighted by atomic mass is 9.62. The molecule has 0 saturated heterocycles. The van der Waals surface area contributed by atoms with Crippen molar-refractivity contribution in [1.29, 1.82) is 0 Å². The molecule has 1 saturated carbocycles. The van der Waals surface area contributed by atoms with E-state index in [0.717, 1.165) is 60.2 Å². The second kappa shape index (κ2) is 8.99. The minimum Gasteiger partial charge on any atom is -0.268 e. The third-order valence-electron chi connectivity index (χ3n) is 7.42. The summed E-state index contributed by atoms with van der Waals surface area (Å²) >= 11 is 0. The van der Waals surface area contributed by atoms with Gasteiger partial charge in [0.15, 0.2) is 0 Å². The number of hydrogen-bond acceptors (Lipinski definition) is 4. The summed E-state index contributed by atoms with van der Waals surface area (Å²) in [7, 11) is 0. The van der Waals surface area contributed by atoms with Gasteiger partial charge in [0, 0.05) is 11.0 Å². The first kappa shape index (κ1) is 21.5. The molecular formula is C30H28N4O. The Morgan fingerprint density at radius 3 is 2.31 bits per heavy atom. The van der Waals surface area contributed by atoms with Crippen LogP contribution in [0.5, 0.6) is 0 Å². The van der Waals surface area contributed by atoms with Crippen molar-refractivity contribution in [3.05, 3.63) is 112 Å². The van der Waals surface area contributed by atoms with Crippen molar-refractivity contribution in [3.63, 3.8) is 0 Å². The summed E-state index contributed by atoms with van der Waals surface area (Å²) in [5, 5.41) is 4.45. The molecule has 0 bridgehead atoms. The monoisotopic (exact) mass is 460 g/mol. The van der Waals surface area contributed by atoms with Crippen LogP contribution in [0.1, 0.15) is 48.8 Å². The van der Waals surface area contributed by atoms with E-state index in [0.29, 0.717) is 5.95 Å². The first-order chi connectivity index (χ1) is 17.3. The zero-order chi connectivity index (χ0) is 23.7. The Labute approximate surface area is 205 Å². The Hall–Kier alpha value is -3.99. The molecule has 0 unspecified atom stereocenters. The minimum absolute atomic E-state index is 0.00927. The topological polar surface area (TPSA) is 59.3 Å². The van der Waals surface area contributed by atoms with Gasteiger partial charge in [-0.15, -0.1) is 0 Å². The summed E-state index contributed by atoms with van der Waals surface area (Å²) in [6, 6.07) is 28.1. The van der Waals surface area contributed by atoms with Crippen molar-refractivity contribution >= 4 is 12.2 Å². The molecule has 2 aliphatic rings. The van der Waals surface area contributed by atoms with Gasteiger partial charge in [0.1, 0.15) is 0 Å². The van der Waals surface area contributed by atoms with Crippen molar-refractivity contribution in [2.75, 3.05) is 5.43 Å². The number of aromatic nitrogens is 2. The molecule has 5 nitrogen and oxygen atoms in total. The van der Waals surface area contributed by atoms with Crippen molar-refractivity contribution in [3.8, 4) is 16.9 Å². The lowest BCUT2D eigenvalue weighted by Crippen LogP contribution is -2.42. The van der Waals surface area contributed by atoms with E-state index in [-0.39, 0.29) is 11.0 Å². The number of nitrogens with zero attached hydrogens (tertiary/aromatic N) is 3. The summed E-state index contributed by atoms with van der Waals surface area (Å²) < 4.78 is 1.70. The fourth-order valence-electron chi connectivity index (χ4n) is 5.80. The standard InChI is InChI=1S/C30H28N4O/c35-28-26-27(25-17-9-8-14-23(25)20-30(26)18-10-3-11-19-30)32-29(34(28)24-15-6-2-7-16-24)33-31-21-22-12-4-1-5-13-22/h1-2,4-9,12-17,21H,3,10-11,18-20H2,(H,32,33)/b31-21+. The van der Waals surface area contributed by atoms with Crippen LogP contribution in [0, 0.1) is 0 Å². The van der Waals surface area contributed by atoms with Gasteiger partial charge in [-0.2, -0.15) is 5.10 Å². The van der Waals surface area contributed by atoms with E-state index in [4.69, 9.17) is 4.98 Å². The number of hydrogen-bond donors (Lipinski definition) is 1. The molecule has 1 aromatic heterocycles. The highest BCUT2D eigenvalue weighted by atomic mass is 16.1. The predicted octanol–water partition coefficient (Wildman–Crippen LogP) is 6.10. The van der Waals surface area contributed by atoms with E-state index in [1.54, 1.807) is 10.8 Å². The third-order valence-corrected chi connectivity index (χ3v) is 7.42. The molecule has 5 heteroatoms. The van der Waals surface area contributed by atoms with Crippen LogP contribution in [0.2, 0.25) is 0 Å². The molecule has 2 aliphatic carbocycles. The van der Waals surface area contributed by atoms with Gasteiger partial charge in [-0.25, -0.2) is 15.0 Å². The maximum absolute atomic E-state index is 14.4. The van der Waals surface area contributed by atoms with Crippen LogP contribution in [0.3, 0.4) is 0 Å². The minimum atomic E-state index is -0.158. The van der Waals surface area contributed by atoms with E-state index in [9.17, 15) is 4.79 Å². The first-order valence-corrected chi connectivity index (χ1v) is 12.4. The largest absolute Gasteiger partial charge is 0.268 e. The van der Waals surface area contributed by atoms with Gasteiger partial charge in [-0.05, 0) is 42.5 Å². The molecule has 4 aromatic rings. The van der Waals surface area contributed by atoms with E-state index >= 15 is 0 Å². The quantitative estimate of drug-likeness (QED) is 0.296. The van der Waals surface area contributed by atoms with Crippen molar-refractivity contribution in [1.82, 2.24) is 9.55 Å². The number of anilines is 1. The summed E-state index contributed by atoms with van der Waals surface area (Å²) in [6.45, 7) is 0. The highest BCUT2D eigenvalue weighted by Gasteiger charge is 2.43. The molecule has 0 aliphatic heterocycles. The molecule has 1 fully saturated rings. The third kappa shape index (κ3) is 3.87. The van der Waals surface area contributed by atoms with Crippen LogP contribution in [-0.2, 0) is 11.8 Å². The van der Waals surface area contributed by atoms with Gasteiger partial charge in [-0.1, -0.05) is 92.1 Å². The molecule has 1 spiro atoms. The zero-order valence-corrected chi connectivity index (χ0v) is 19.7. The second-order valence-corrected chi connectivity index (χ2v) is 9.59. The fraction of sp³-hybridized carbons (Fsp3) is 0.233. The van der Waals surface area contributed by atoms with Gasteiger partial charge in [0.2, 0.25) is 5.95 Å². The van der Waals surface area contributed by atoms with E-state index in [1.807, 2.05) is 66.7 Å². The highest BCUT2D eigenvalue weighted by molar-refractivity contribution is 5.80. The SMILES string of the molecule is O=c1c2c(nc(N/N=C/c3ccccc3)n1-c1ccccc1)-c1ccccc1CC21CCCCC1. The molecule has 1 N–H and O–H groups in total. The second-order valence-electron chi connectivity index (χ2n) is 9.59. The highest BCUT2D eigenvalue weighted by Crippen LogP contribution is 2.48. The van der Waals surface area contributed by atoms with Gasteiger partial charge < -0.3 is 0 Å². The Morgan fingerprint density at radius 2 is 1.54 bits per heavy atom. The first-order valence-electron chi connectivity index (χ1n) is 12.4. The Morgan fingerprint density at radius 1 is 0.857 bits per heavy atom. The van der Waals surface area contributed by atoms with E-state index in [1.165, 1.54) is 12.0 Å². The van der Waals surface area contributed by atoms with Crippen molar-refractivity contribution < 1.29 is 0 Å². The maximum atomic E-state index is 14.4.